The first-order valence-corrected chi connectivity index (χ1v) is 5.52. The predicted molar refractivity (Wildman–Crippen MR) is 57.9 cm³/mol. The summed E-state index contributed by atoms with van der Waals surface area (Å²) >= 11 is 0. The predicted octanol–water partition coefficient (Wildman–Crippen LogP) is 2.46. The van der Waals surface area contributed by atoms with Crippen LogP contribution in [0.3, 0.4) is 0 Å². The van der Waals surface area contributed by atoms with E-state index in [1.807, 2.05) is 0 Å². The van der Waals surface area contributed by atoms with Gasteiger partial charge in [0.2, 0.25) is 0 Å². The molecular weight excluding hydrogens is 191 g/mol. The number of aromatic nitrogens is 1. The van der Waals surface area contributed by atoms with Gasteiger partial charge in [0.25, 0.3) is 0 Å². The topological polar surface area (TPSA) is 24.9 Å². The summed E-state index contributed by atoms with van der Waals surface area (Å²) in [6.07, 6.45) is 5.09. The van der Waals surface area contributed by atoms with Crippen LogP contribution in [-0.4, -0.2) is 11.5 Å². The lowest BCUT2D eigenvalue weighted by Crippen LogP contribution is -2.42. The molecule has 1 aromatic rings. The summed E-state index contributed by atoms with van der Waals surface area (Å²) in [5.74, 6) is 0.192. The summed E-state index contributed by atoms with van der Waals surface area (Å²) in [4.78, 5) is 3.80. The van der Waals surface area contributed by atoms with Gasteiger partial charge in [-0.3, -0.25) is 4.98 Å². The second-order valence-corrected chi connectivity index (χ2v) is 4.51. The molecule has 0 saturated carbocycles. The van der Waals surface area contributed by atoms with Crippen molar-refractivity contribution in [3.05, 3.63) is 29.8 Å². The Bertz CT molecular complexity index is 343. The van der Waals surface area contributed by atoms with Crippen molar-refractivity contribution in [2.75, 3.05) is 6.54 Å². The van der Waals surface area contributed by atoms with Crippen LogP contribution >= 0.6 is 0 Å². The van der Waals surface area contributed by atoms with Crippen molar-refractivity contribution in [1.29, 1.82) is 0 Å². The lowest BCUT2D eigenvalue weighted by molar-refractivity contribution is 0.267. The Labute approximate surface area is 89.9 Å². The third kappa shape index (κ3) is 1.65. The van der Waals surface area contributed by atoms with Crippen LogP contribution in [0.25, 0.3) is 0 Å². The van der Waals surface area contributed by atoms with Crippen molar-refractivity contribution in [3.63, 3.8) is 0 Å². The number of halogens is 1. The first kappa shape index (κ1) is 10.6. The molecule has 1 atom stereocenters. The van der Waals surface area contributed by atoms with E-state index in [0.717, 1.165) is 24.9 Å². The number of nitrogens with one attached hydrogen (secondary N) is 1. The molecule has 0 radical (unpaired) electrons. The van der Waals surface area contributed by atoms with Crippen molar-refractivity contribution in [3.8, 4) is 0 Å². The Hall–Kier alpha value is -0.960. The lowest BCUT2D eigenvalue weighted by atomic mass is 9.79. The second kappa shape index (κ2) is 3.89. The zero-order valence-corrected chi connectivity index (χ0v) is 9.26. The van der Waals surface area contributed by atoms with Gasteiger partial charge in [0.1, 0.15) is 5.82 Å². The largest absolute Gasteiger partial charge is 0.307 e. The van der Waals surface area contributed by atoms with E-state index in [9.17, 15) is 4.39 Å². The van der Waals surface area contributed by atoms with E-state index in [0.29, 0.717) is 5.92 Å². The minimum absolute atomic E-state index is 0.187. The van der Waals surface area contributed by atoms with E-state index >= 15 is 0 Å². The molecule has 15 heavy (non-hydrogen) atoms. The van der Waals surface area contributed by atoms with Gasteiger partial charge in [-0.2, -0.15) is 0 Å². The monoisotopic (exact) mass is 208 g/mol. The molecule has 1 fully saturated rings. The average Bonchev–Trinajstić information content (AvgIpc) is 2.68. The highest BCUT2D eigenvalue weighted by Crippen LogP contribution is 2.38. The SMILES string of the molecule is CC(C)C1(c2ccncc2F)CCCN1. The molecule has 3 heteroatoms. The number of rotatable bonds is 2. The van der Waals surface area contributed by atoms with E-state index in [2.05, 4.69) is 24.1 Å². The Balaban J connectivity index is 2.46. The molecule has 0 spiro atoms. The average molecular weight is 208 g/mol. The molecule has 1 aliphatic rings. The molecule has 2 rings (SSSR count). The van der Waals surface area contributed by atoms with E-state index in [1.54, 1.807) is 12.3 Å². The molecule has 1 unspecified atom stereocenters. The van der Waals surface area contributed by atoms with Gasteiger partial charge < -0.3 is 5.32 Å². The molecular formula is C12H17FN2. The van der Waals surface area contributed by atoms with Crippen LogP contribution in [0.15, 0.2) is 18.5 Å². The summed E-state index contributed by atoms with van der Waals surface area (Å²) in [5, 5.41) is 3.46. The molecule has 0 amide bonds. The zero-order valence-electron chi connectivity index (χ0n) is 9.26. The smallest absolute Gasteiger partial charge is 0.146 e. The summed E-state index contributed by atoms with van der Waals surface area (Å²) < 4.78 is 13.7. The fourth-order valence-corrected chi connectivity index (χ4v) is 2.54. The number of nitrogens with zero attached hydrogens (tertiary/aromatic N) is 1. The standard InChI is InChI=1S/C12H17FN2/c1-9(2)12(5-3-6-15-12)10-4-7-14-8-11(10)13/h4,7-9,15H,3,5-6H2,1-2H3. The van der Waals surface area contributed by atoms with Gasteiger partial charge in [0.05, 0.1) is 6.20 Å². The van der Waals surface area contributed by atoms with Crippen molar-refractivity contribution >= 4 is 0 Å². The Morgan fingerprint density at radius 2 is 2.33 bits per heavy atom. The van der Waals surface area contributed by atoms with E-state index in [4.69, 9.17) is 0 Å². The molecule has 1 saturated heterocycles. The molecule has 0 bridgehead atoms. The van der Waals surface area contributed by atoms with Crippen molar-refractivity contribution in [2.24, 2.45) is 5.92 Å². The number of pyridine rings is 1. The number of hydrogen-bond acceptors (Lipinski definition) is 2. The molecule has 0 aliphatic carbocycles. The van der Waals surface area contributed by atoms with Crippen LogP contribution < -0.4 is 5.32 Å². The molecule has 82 valence electrons. The van der Waals surface area contributed by atoms with Gasteiger partial charge in [-0.1, -0.05) is 13.8 Å². The normalized spacial score (nSPS) is 26.1. The van der Waals surface area contributed by atoms with Gasteiger partial charge in [-0.25, -0.2) is 4.39 Å². The summed E-state index contributed by atoms with van der Waals surface area (Å²) in [5.41, 5.74) is 0.581. The van der Waals surface area contributed by atoms with Gasteiger partial charge in [-0.15, -0.1) is 0 Å². The molecule has 1 aromatic heterocycles. The molecule has 1 N–H and O–H groups in total. The zero-order chi connectivity index (χ0) is 10.9. The first-order valence-electron chi connectivity index (χ1n) is 5.52. The fourth-order valence-electron chi connectivity index (χ4n) is 2.54. The third-order valence-electron chi connectivity index (χ3n) is 3.43. The van der Waals surface area contributed by atoms with Gasteiger partial charge in [0.15, 0.2) is 0 Å². The van der Waals surface area contributed by atoms with E-state index in [-0.39, 0.29) is 11.4 Å². The molecule has 0 aromatic carbocycles. The summed E-state index contributed by atoms with van der Waals surface area (Å²) in [6, 6.07) is 1.80. The van der Waals surface area contributed by atoms with Crippen LogP contribution in [0.2, 0.25) is 0 Å². The molecule has 2 heterocycles. The van der Waals surface area contributed by atoms with Crippen molar-refractivity contribution in [2.45, 2.75) is 32.2 Å². The maximum Gasteiger partial charge on any atom is 0.146 e. The Morgan fingerprint density at radius 1 is 1.53 bits per heavy atom. The third-order valence-corrected chi connectivity index (χ3v) is 3.43. The maximum absolute atomic E-state index is 13.7. The van der Waals surface area contributed by atoms with Gasteiger partial charge in [-0.05, 0) is 31.4 Å². The Morgan fingerprint density at radius 3 is 2.87 bits per heavy atom. The quantitative estimate of drug-likeness (QED) is 0.807. The molecule has 1 aliphatic heterocycles. The maximum atomic E-state index is 13.7. The van der Waals surface area contributed by atoms with E-state index in [1.165, 1.54) is 6.20 Å². The second-order valence-electron chi connectivity index (χ2n) is 4.51. The van der Waals surface area contributed by atoms with Gasteiger partial charge in [0, 0.05) is 17.3 Å². The highest BCUT2D eigenvalue weighted by molar-refractivity contribution is 5.25. The minimum Gasteiger partial charge on any atom is -0.307 e. The number of hydrogen-bond donors (Lipinski definition) is 1. The van der Waals surface area contributed by atoms with Crippen LogP contribution in [0.5, 0.6) is 0 Å². The fraction of sp³-hybridized carbons (Fsp3) is 0.583. The van der Waals surface area contributed by atoms with E-state index < -0.39 is 0 Å². The van der Waals surface area contributed by atoms with Crippen molar-refractivity contribution in [1.82, 2.24) is 10.3 Å². The van der Waals surface area contributed by atoms with Crippen LogP contribution in [0.4, 0.5) is 4.39 Å². The Kier molecular flexibility index (Phi) is 2.74. The highest BCUT2D eigenvalue weighted by Gasteiger charge is 2.39. The lowest BCUT2D eigenvalue weighted by Gasteiger charge is -2.34. The van der Waals surface area contributed by atoms with Gasteiger partial charge >= 0.3 is 0 Å². The minimum atomic E-state index is -0.194. The molecule has 2 nitrogen and oxygen atoms in total. The first-order chi connectivity index (χ1) is 7.17. The van der Waals surface area contributed by atoms with Crippen molar-refractivity contribution < 1.29 is 4.39 Å². The summed E-state index contributed by atoms with van der Waals surface area (Å²) in [7, 11) is 0. The van der Waals surface area contributed by atoms with Crippen LogP contribution in [0.1, 0.15) is 32.3 Å². The summed E-state index contributed by atoms with van der Waals surface area (Å²) in [6.45, 7) is 5.25. The van der Waals surface area contributed by atoms with Crippen LogP contribution in [0, 0.1) is 11.7 Å². The highest BCUT2D eigenvalue weighted by atomic mass is 19.1. The van der Waals surface area contributed by atoms with Crippen LogP contribution in [-0.2, 0) is 5.54 Å².